The molecule has 4 rings (SSSR count). The third-order valence-electron chi connectivity index (χ3n) is 6.60. The Hall–Kier alpha value is -2.59. The quantitative estimate of drug-likeness (QED) is 0.402. The zero-order chi connectivity index (χ0) is 23.9. The molecule has 7 heteroatoms. The van der Waals surface area contributed by atoms with Gasteiger partial charge in [0.05, 0.1) is 24.2 Å². The largest absolute Gasteiger partial charge is 0.497 e. The third-order valence-corrected chi connectivity index (χ3v) is 7.61. The summed E-state index contributed by atoms with van der Waals surface area (Å²) in [5, 5.41) is 15.3. The van der Waals surface area contributed by atoms with Gasteiger partial charge < -0.3 is 9.84 Å². The third kappa shape index (κ3) is 6.29. The van der Waals surface area contributed by atoms with Crippen LogP contribution in [0, 0.1) is 23.7 Å². The van der Waals surface area contributed by atoms with Gasteiger partial charge >= 0.3 is 5.97 Å². The van der Waals surface area contributed by atoms with Gasteiger partial charge in [-0.05, 0) is 79.3 Å². The van der Waals surface area contributed by atoms with Gasteiger partial charge in [0.1, 0.15) is 5.75 Å². The standard InChI is InChI=1S/C27H29ClN2O3S/c1-33-22-7-8-26-24(15-22)23(25(28)16-29-26)6-2-5-20-9-12-30(17-21(20)14-27(31)32)11-3-4-19-10-13-34-18-19/h7-8,10,13,15-16,18,20-21H,2,5-6,9,11-12,14,17H2,1H3,(H,31,32)/t20-,21+/m1/s1. The van der Waals surface area contributed by atoms with Gasteiger partial charge in [0, 0.05) is 35.5 Å². The summed E-state index contributed by atoms with van der Waals surface area (Å²) in [5.41, 5.74) is 3.03. The number of pyridine rings is 1. The van der Waals surface area contributed by atoms with E-state index in [2.05, 4.69) is 21.7 Å². The molecular formula is C27H29ClN2O3S. The van der Waals surface area contributed by atoms with E-state index in [-0.39, 0.29) is 12.3 Å². The number of carbonyl (C=O) groups is 1. The maximum atomic E-state index is 11.6. The Bertz CT molecular complexity index is 1190. The smallest absolute Gasteiger partial charge is 0.303 e. The highest BCUT2D eigenvalue weighted by atomic mass is 35.5. The maximum Gasteiger partial charge on any atom is 0.303 e. The van der Waals surface area contributed by atoms with E-state index in [4.69, 9.17) is 16.3 Å². The van der Waals surface area contributed by atoms with Crippen LogP contribution in [0.25, 0.3) is 10.9 Å². The molecule has 1 aliphatic rings. The number of aromatic nitrogens is 1. The number of carboxylic acids is 1. The van der Waals surface area contributed by atoms with Gasteiger partial charge in [-0.15, -0.1) is 0 Å². The number of aliphatic carboxylic acids is 1. The van der Waals surface area contributed by atoms with Crippen LogP contribution in [0.4, 0.5) is 0 Å². The lowest BCUT2D eigenvalue weighted by Crippen LogP contribution is -2.41. The van der Waals surface area contributed by atoms with E-state index in [1.807, 2.05) is 35.0 Å². The van der Waals surface area contributed by atoms with Crippen molar-refractivity contribution in [2.75, 3.05) is 26.7 Å². The summed E-state index contributed by atoms with van der Waals surface area (Å²) < 4.78 is 5.39. The van der Waals surface area contributed by atoms with Crippen molar-refractivity contribution in [1.29, 1.82) is 0 Å². The molecule has 1 aromatic carbocycles. The molecule has 0 amide bonds. The van der Waals surface area contributed by atoms with Crippen LogP contribution in [0.1, 0.15) is 36.8 Å². The van der Waals surface area contributed by atoms with Crippen molar-refractivity contribution in [3.05, 3.63) is 57.4 Å². The van der Waals surface area contributed by atoms with Crippen LogP contribution in [0.5, 0.6) is 5.75 Å². The molecule has 0 saturated carbocycles. The number of fused-ring (bicyclic) bond motifs is 1. The van der Waals surface area contributed by atoms with E-state index in [0.29, 0.717) is 17.5 Å². The first kappa shape index (κ1) is 24.5. The van der Waals surface area contributed by atoms with Crippen molar-refractivity contribution in [2.24, 2.45) is 11.8 Å². The number of piperidine rings is 1. The van der Waals surface area contributed by atoms with Crippen molar-refractivity contribution in [2.45, 2.75) is 32.1 Å². The van der Waals surface area contributed by atoms with Crippen LogP contribution in [0.2, 0.25) is 5.02 Å². The fraction of sp³-hybridized carbons (Fsp3) is 0.407. The average Bonchev–Trinajstić information content (AvgIpc) is 3.34. The molecule has 178 valence electrons. The summed E-state index contributed by atoms with van der Waals surface area (Å²) >= 11 is 8.17. The minimum atomic E-state index is -0.725. The highest BCUT2D eigenvalue weighted by molar-refractivity contribution is 7.08. The molecule has 1 saturated heterocycles. The highest BCUT2D eigenvalue weighted by Crippen LogP contribution is 2.33. The molecule has 0 radical (unpaired) electrons. The Balaban J connectivity index is 1.38. The second-order valence-electron chi connectivity index (χ2n) is 8.82. The molecule has 2 aromatic heterocycles. The molecule has 3 aromatic rings. The molecule has 5 nitrogen and oxygen atoms in total. The van der Waals surface area contributed by atoms with Gasteiger partial charge in [-0.2, -0.15) is 11.3 Å². The molecule has 34 heavy (non-hydrogen) atoms. The zero-order valence-corrected chi connectivity index (χ0v) is 20.9. The van der Waals surface area contributed by atoms with Crippen LogP contribution >= 0.6 is 22.9 Å². The van der Waals surface area contributed by atoms with Crippen molar-refractivity contribution in [3.8, 4) is 17.6 Å². The van der Waals surface area contributed by atoms with Crippen molar-refractivity contribution >= 4 is 39.8 Å². The second-order valence-corrected chi connectivity index (χ2v) is 10.0. The number of benzene rings is 1. The first-order valence-corrected chi connectivity index (χ1v) is 12.9. The first-order valence-electron chi connectivity index (χ1n) is 11.6. The molecule has 0 bridgehead atoms. The number of carboxylic acid groups (broad SMARTS) is 1. The van der Waals surface area contributed by atoms with E-state index >= 15 is 0 Å². The summed E-state index contributed by atoms with van der Waals surface area (Å²) in [5.74, 6) is 7.03. The number of aryl methyl sites for hydroxylation is 1. The number of hydrogen-bond acceptors (Lipinski definition) is 5. The van der Waals surface area contributed by atoms with Gasteiger partial charge in [0.15, 0.2) is 0 Å². The predicted molar refractivity (Wildman–Crippen MR) is 138 cm³/mol. The fourth-order valence-corrected chi connectivity index (χ4v) is 5.68. The molecule has 2 atom stereocenters. The Morgan fingerprint density at radius 3 is 3.00 bits per heavy atom. The van der Waals surface area contributed by atoms with E-state index in [9.17, 15) is 9.90 Å². The Labute approximate surface area is 209 Å². The molecule has 3 heterocycles. The van der Waals surface area contributed by atoms with Gasteiger partial charge in [0.2, 0.25) is 0 Å². The van der Waals surface area contributed by atoms with Gasteiger partial charge in [-0.3, -0.25) is 14.7 Å². The molecule has 1 fully saturated rings. The lowest BCUT2D eigenvalue weighted by Gasteiger charge is -2.37. The lowest BCUT2D eigenvalue weighted by atomic mass is 9.80. The second kappa shape index (κ2) is 11.7. The lowest BCUT2D eigenvalue weighted by molar-refractivity contribution is -0.139. The molecular weight excluding hydrogens is 468 g/mol. The summed E-state index contributed by atoms with van der Waals surface area (Å²) in [6.07, 6.45) is 5.68. The van der Waals surface area contributed by atoms with E-state index < -0.39 is 5.97 Å². The van der Waals surface area contributed by atoms with Crippen LogP contribution in [0.3, 0.4) is 0 Å². The fourth-order valence-electron chi connectivity index (χ4n) is 4.85. The van der Waals surface area contributed by atoms with Gasteiger partial charge in [0.25, 0.3) is 0 Å². The van der Waals surface area contributed by atoms with Gasteiger partial charge in [-0.1, -0.05) is 23.4 Å². The monoisotopic (exact) mass is 496 g/mol. The maximum absolute atomic E-state index is 11.6. The summed E-state index contributed by atoms with van der Waals surface area (Å²) in [6.45, 7) is 2.42. The normalized spacial score (nSPS) is 18.4. The topological polar surface area (TPSA) is 62.7 Å². The number of likely N-dealkylation sites (tertiary alicyclic amines) is 1. The molecule has 0 spiro atoms. The number of rotatable bonds is 8. The van der Waals surface area contributed by atoms with Crippen LogP contribution in [-0.2, 0) is 11.2 Å². The number of hydrogen-bond donors (Lipinski definition) is 1. The van der Waals surface area contributed by atoms with Gasteiger partial charge in [-0.25, -0.2) is 0 Å². The molecule has 1 N–H and O–H groups in total. The molecule has 0 aliphatic carbocycles. The minimum Gasteiger partial charge on any atom is -0.497 e. The van der Waals surface area contributed by atoms with E-state index in [1.54, 1.807) is 24.6 Å². The van der Waals surface area contributed by atoms with Crippen molar-refractivity contribution in [3.63, 3.8) is 0 Å². The van der Waals surface area contributed by atoms with E-state index in [1.165, 1.54) is 0 Å². The highest BCUT2D eigenvalue weighted by Gasteiger charge is 2.30. The minimum absolute atomic E-state index is 0.138. The molecule has 1 aliphatic heterocycles. The van der Waals surface area contributed by atoms with Crippen LogP contribution in [-0.4, -0.2) is 47.7 Å². The van der Waals surface area contributed by atoms with Crippen molar-refractivity contribution < 1.29 is 14.6 Å². The number of methoxy groups -OCH3 is 1. The Morgan fingerprint density at radius 2 is 2.24 bits per heavy atom. The average molecular weight is 497 g/mol. The number of thiophene rings is 1. The first-order chi connectivity index (χ1) is 16.5. The summed E-state index contributed by atoms with van der Waals surface area (Å²) in [4.78, 5) is 18.3. The Morgan fingerprint density at radius 1 is 1.35 bits per heavy atom. The number of nitrogens with zero attached hydrogens (tertiary/aromatic N) is 2. The zero-order valence-electron chi connectivity index (χ0n) is 19.3. The van der Waals surface area contributed by atoms with Crippen LogP contribution < -0.4 is 4.74 Å². The summed E-state index contributed by atoms with van der Waals surface area (Å²) in [7, 11) is 1.65. The predicted octanol–water partition coefficient (Wildman–Crippen LogP) is 5.75. The van der Waals surface area contributed by atoms with Crippen LogP contribution in [0.15, 0.2) is 41.2 Å². The Kier molecular flexibility index (Phi) is 8.44. The number of halogens is 1. The summed E-state index contributed by atoms with van der Waals surface area (Å²) in [6, 6.07) is 7.87. The van der Waals surface area contributed by atoms with E-state index in [0.717, 1.165) is 66.6 Å². The van der Waals surface area contributed by atoms with Crippen molar-refractivity contribution in [1.82, 2.24) is 9.88 Å². The molecule has 0 unspecified atom stereocenters. The number of ether oxygens (including phenoxy) is 1. The SMILES string of the molecule is COc1ccc2ncc(Cl)c(CCC[C@@H]3CCN(CC#Cc4ccsc4)C[C@@H]3CC(=O)O)c2c1.